The molecule has 1 unspecified atom stereocenters. The van der Waals surface area contributed by atoms with Crippen LogP contribution in [0.25, 0.3) is 10.9 Å². The van der Waals surface area contributed by atoms with E-state index >= 15 is 0 Å². The smallest absolute Gasteiger partial charge is 0.368 e. The third kappa shape index (κ3) is 4.34. The standard InChI is InChI=1S/C22H25F4N3O/c1-13-5-6-15(23)7-18(13)20(3,4)12-21(30,22(24,25)26)28-10-16-8-17-14(2)9-27-11-19(17)29-16/h5-9,11,28-30H,10,12H2,1-4H3. The first kappa shape index (κ1) is 22.2. The number of nitrogens with one attached hydrogen (secondary N) is 2. The van der Waals surface area contributed by atoms with Gasteiger partial charge in [-0.05, 0) is 54.2 Å². The lowest BCUT2D eigenvalue weighted by molar-refractivity contribution is -0.280. The first-order valence-electron chi connectivity index (χ1n) is 9.55. The molecule has 0 amide bonds. The van der Waals surface area contributed by atoms with Crippen LogP contribution < -0.4 is 5.32 Å². The number of fused-ring (bicyclic) bond motifs is 1. The molecule has 1 atom stereocenters. The van der Waals surface area contributed by atoms with E-state index in [2.05, 4.69) is 15.3 Å². The number of benzene rings is 1. The summed E-state index contributed by atoms with van der Waals surface area (Å²) in [6, 6.07) is 5.74. The third-order valence-electron chi connectivity index (χ3n) is 5.47. The Bertz CT molecular complexity index is 1060. The van der Waals surface area contributed by atoms with E-state index in [1.807, 2.05) is 6.92 Å². The molecule has 0 bridgehead atoms. The number of halogens is 4. The van der Waals surface area contributed by atoms with E-state index in [1.54, 1.807) is 39.2 Å². The zero-order valence-corrected chi connectivity index (χ0v) is 17.3. The molecule has 1 aromatic carbocycles. The summed E-state index contributed by atoms with van der Waals surface area (Å²) in [4.78, 5) is 7.08. The monoisotopic (exact) mass is 423 g/mol. The van der Waals surface area contributed by atoms with Crippen molar-refractivity contribution in [3.63, 3.8) is 0 Å². The Balaban J connectivity index is 1.88. The molecule has 4 nitrogen and oxygen atoms in total. The lowest BCUT2D eigenvalue weighted by Gasteiger charge is -2.39. The van der Waals surface area contributed by atoms with Crippen LogP contribution in [-0.4, -0.2) is 27.0 Å². The van der Waals surface area contributed by atoms with Gasteiger partial charge in [0.1, 0.15) is 5.82 Å². The maximum Gasteiger partial charge on any atom is 0.431 e. The molecule has 2 heterocycles. The number of aromatic nitrogens is 2. The average Bonchev–Trinajstić information content (AvgIpc) is 3.05. The van der Waals surface area contributed by atoms with Gasteiger partial charge in [-0.1, -0.05) is 19.9 Å². The van der Waals surface area contributed by atoms with Crippen LogP contribution in [0.3, 0.4) is 0 Å². The highest BCUT2D eigenvalue weighted by atomic mass is 19.4. The SMILES string of the molecule is Cc1ccc(F)cc1C(C)(C)CC(O)(NCc1cc2c(C)cncc2[nH]1)C(F)(F)F. The Labute approximate surface area is 172 Å². The van der Waals surface area contributed by atoms with Crippen LogP contribution in [-0.2, 0) is 12.0 Å². The number of pyridine rings is 1. The van der Waals surface area contributed by atoms with Gasteiger partial charge in [0.05, 0.1) is 11.7 Å². The van der Waals surface area contributed by atoms with E-state index in [4.69, 9.17) is 0 Å². The van der Waals surface area contributed by atoms with E-state index in [-0.39, 0.29) is 6.54 Å². The number of aliphatic hydroxyl groups is 1. The summed E-state index contributed by atoms with van der Waals surface area (Å²) in [5.74, 6) is -0.533. The van der Waals surface area contributed by atoms with Crippen LogP contribution in [0.1, 0.15) is 42.7 Å². The van der Waals surface area contributed by atoms with E-state index in [0.717, 1.165) is 10.9 Å². The molecule has 2 aromatic heterocycles. The molecule has 0 spiro atoms. The van der Waals surface area contributed by atoms with Crippen LogP contribution in [0.2, 0.25) is 0 Å². The Kier molecular flexibility index (Phi) is 5.68. The number of hydrogen-bond donors (Lipinski definition) is 3. The van der Waals surface area contributed by atoms with Crippen molar-refractivity contribution in [2.45, 2.75) is 58.0 Å². The summed E-state index contributed by atoms with van der Waals surface area (Å²) in [6.07, 6.45) is -2.36. The molecule has 0 saturated heterocycles. The van der Waals surface area contributed by atoms with Gasteiger partial charge in [0.15, 0.2) is 0 Å². The fourth-order valence-electron chi connectivity index (χ4n) is 3.91. The lowest BCUT2D eigenvalue weighted by Crippen LogP contribution is -2.59. The van der Waals surface area contributed by atoms with Gasteiger partial charge < -0.3 is 10.1 Å². The molecule has 0 radical (unpaired) electrons. The van der Waals surface area contributed by atoms with Gasteiger partial charge in [-0.3, -0.25) is 10.3 Å². The first-order chi connectivity index (χ1) is 13.8. The summed E-state index contributed by atoms with van der Waals surface area (Å²) >= 11 is 0. The number of H-pyrrole nitrogens is 1. The number of aryl methyl sites for hydroxylation is 2. The van der Waals surface area contributed by atoms with Crippen LogP contribution >= 0.6 is 0 Å². The second-order valence-corrected chi connectivity index (χ2v) is 8.44. The summed E-state index contributed by atoms with van der Waals surface area (Å²) in [6.45, 7) is 6.45. The van der Waals surface area contributed by atoms with Crippen molar-refractivity contribution in [2.75, 3.05) is 0 Å². The zero-order valence-electron chi connectivity index (χ0n) is 17.3. The van der Waals surface area contributed by atoms with Crippen molar-refractivity contribution in [3.8, 4) is 0 Å². The predicted octanol–water partition coefficient (Wildman–Crippen LogP) is 5.03. The number of rotatable bonds is 6. The normalized spacial score (nSPS) is 14.8. The van der Waals surface area contributed by atoms with Crippen LogP contribution in [0.5, 0.6) is 0 Å². The quantitative estimate of drug-likeness (QED) is 0.385. The van der Waals surface area contributed by atoms with Crippen LogP contribution in [0, 0.1) is 19.7 Å². The highest BCUT2D eigenvalue weighted by Gasteiger charge is 2.56. The second kappa shape index (κ2) is 7.67. The molecule has 3 aromatic rings. The van der Waals surface area contributed by atoms with Crippen molar-refractivity contribution in [1.82, 2.24) is 15.3 Å². The summed E-state index contributed by atoms with van der Waals surface area (Å²) in [5, 5.41) is 13.8. The van der Waals surface area contributed by atoms with E-state index < -0.39 is 29.6 Å². The van der Waals surface area contributed by atoms with Crippen molar-refractivity contribution < 1.29 is 22.7 Å². The molecule has 162 valence electrons. The van der Waals surface area contributed by atoms with E-state index in [9.17, 15) is 22.7 Å². The molecule has 0 aliphatic rings. The topological polar surface area (TPSA) is 60.9 Å². The van der Waals surface area contributed by atoms with Gasteiger partial charge >= 0.3 is 6.18 Å². The molecule has 3 rings (SSSR count). The molecule has 8 heteroatoms. The number of hydrogen-bond acceptors (Lipinski definition) is 3. The van der Waals surface area contributed by atoms with Gasteiger partial charge in [0.2, 0.25) is 5.72 Å². The Morgan fingerprint density at radius 2 is 1.77 bits per heavy atom. The third-order valence-corrected chi connectivity index (χ3v) is 5.47. The molecule has 3 N–H and O–H groups in total. The molecular formula is C22H25F4N3O. The van der Waals surface area contributed by atoms with E-state index in [1.165, 1.54) is 18.2 Å². The second-order valence-electron chi connectivity index (χ2n) is 8.44. The zero-order chi connectivity index (χ0) is 22.3. The highest BCUT2D eigenvalue weighted by Crippen LogP contribution is 2.41. The van der Waals surface area contributed by atoms with Gasteiger partial charge in [0, 0.05) is 30.2 Å². The van der Waals surface area contributed by atoms with Crippen molar-refractivity contribution in [2.24, 2.45) is 0 Å². The first-order valence-corrected chi connectivity index (χ1v) is 9.55. The average molecular weight is 423 g/mol. The van der Waals surface area contributed by atoms with Crippen molar-refractivity contribution in [1.29, 1.82) is 0 Å². The molecular weight excluding hydrogens is 398 g/mol. The molecule has 0 aliphatic heterocycles. The van der Waals surface area contributed by atoms with Gasteiger partial charge in [-0.25, -0.2) is 4.39 Å². The fourth-order valence-corrected chi connectivity index (χ4v) is 3.91. The van der Waals surface area contributed by atoms with Gasteiger partial charge in [-0.2, -0.15) is 13.2 Å². The number of aromatic amines is 1. The number of nitrogens with zero attached hydrogens (tertiary/aromatic N) is 1. The molecule has 0 aliphatic carbocycles. The van der Waals surface area contributed by atoms with Gasteiger partial charge in [0.25, 0.3) is 0 Å². The van der Waals surface area contributed by atoms with Crippen LogP contribution in [0.15, 0.2) is 36.7 Å². The Morgan fingerprint density at radius 3 is 2.40 bits per heavy atom. The maximum atomic E-state index is 13.9. The number of alkyl halides is 3. The summed E-state index contributed by atoms with van der Waals surface area (Å²) in [7, 11) is 0. The van der Waals surface area contributed by atoms with E-state index in [0.29, 0.717) is 22.3 Å². The molecule has 30 heavy (non-hydrogen) atoms. The Hall–Kier alpha value is -2.45. The minimum absolute atomic E-state index is 0.234. The molecule has 0 saturated carbocycles. The summed E-state index contributed by atoms with van der Waals surface area (Å²) in [5.41, 5.74) is -1.15. The minimum atomic E-state index is -4.94. The van der Waals surface area contributed by atoms with Crippen molar-refractivity contribution >= 4 is 10.9 Å². The fraction of sp³-hybridized carbons (Fsp3) is 0.409. The predicted molar refractivity (Wildman–Crippen MR) is 107 cm³/mol. The largest absolute Gasteiger partial charge is 0.431 e. The van der Waals surface area contributed by atoms with Gasteiger partial charge in [-0.15, -0.1) is 0 Å². The lowest BCUT2D eigenvalue weighted by atomic mass is 9.75. The Morgan fingerprint density at radius 1 is 1.07 bits per heavy atom. The maximum absolute atomic E-state index is 13.9. The summed E-state index contributed by atoms with van der Waals surface area (Å²) < 4.78 is 55.4. The van der Waals surface area contributed by atoms with Crippen LogP contribution in [0.4, 0.5) is 17.6 Å². The highest BCUT2D eigenvalue weighted by molar-refractivity contribution is 5.82. The molecule has 0 fully saturated rings. The van der Waals surface area contributed by atoms with Crippen molar-refractivity contribution in [3.05, 3.63) is 64.9 Å². The minimum Gasteiger partial charge on any atom is -0.368 e.